The number of anilines is 2. The average Bonchev–Trinajstić information content (AvgIpc) is 3.34. The second-order valence-electron chi connectivity index (χ2n) is 10.2. The van der Waals surface area contributed by atoms with Gasteiger partial charge in [0.25, 0.3) is 0 Å². The lowest BCUT2D eigenvalue weighted by Gasteiger charge is -2.47. The van der Waals surface area contributed by atoms with Crippen molar-refractivity contribution in [2.75, 3.05) is 10.6 Å². The fraction of sp³-hybridized carbons (Fsp3) is 0.310. The molecule has 3 aromatic carbocycles. The molecule has 6 rings (SSSR count). The van der Waals surface area contributed by atoms with Gasteiger partial charge >= 0.3 is 0 Å². The van der Waals surface area contributed by atoms with Crippen molar-refractivity contribution >= 4 is 46.4 Å². The fourth-order valence-corrected chi connectivity index (χ4v) is 7.31. The smallest absolute Gasteiger partial charge is 0.242 e. The van der Waals surface area contributed by atoms with Crippen LogP contribution in [0.4, 0.5) is 15.8 Å². The summed E-state index contributed by atoms with van der Waals surface area (Å²) in [6.07, 6.45) is 4.17. The minimum Gasteiger partial charge on any atom is -0.325 e. The minimum atomic E-state index is -1.24. The zero-order valence-electron chi connectivity index (χ0n) is 20.0. The Bertz CT molecular complexity index is 1390. The van der Waals surface area contributed by atoms with Gasteiger partial charge in [0, 0.05) is 27.9 Å². The number of hydrogen-bond donors (Lipinski definition) is 3. The first-order valence-electron chi connectivity index (χ1n) is 12.6. The van der Waals surface area contributed by atoms with E-state index < -0.39 is 28.7 Å². The molecule has 3 N–H and O–H groups in total. The summed E-state index contributed by atoms with van der Waals surface area (Å²) in [7, 11) is 0. The molecule has 3 unspecified atom stereocenters. The molecule has 0 aromatic heterocycles. The Balaban J connectivity index is 1.60. The monoisotopic (exact) mass is 537 g/mol. The van der Waals surface area contributed by atoms with Crippen molar-refractivity contribution in [1.82, 2.24) is 5.32 Å². The predicted octanol–water partition coefficient (Wildman–Crippen LogP) is 6.42. The van der Waals surface area contributed by atoms with E-state index in [-0.39, 0.29) is 22.4 Å². The third kappa shape index (κ3) is 3.61. The summed E-state index contributed by atoms with van der Waals surface area (Å²) in [4.78, 5) is 28.2. The Hall–Kier alpha value is -2.93. The lowest BCUT2D eigenvalue weighted by molar-refractivity contribution is -0.124. The highest BCUT2D eigenvalue weighted by molar-refractivity contribution is 6.31. The minimum absolute atomic E-state index is 0.0470. The molecule has 1 saturated carbocycles. The van der Waals surface area contributed by atoms with Crippen LogP contribution < -0.4 is 16.0 Å². The number of carbonyl (C=O) groups excluding carboxylic acids is 2. The zero-order chi connectivity index (χ0) is 25.8. The molecule has 37 heavy (non-hydrogen) atoms. The van der Waals surface area contributed by atoms with Gasteiger partial charge in [-0.3, -0.25) is 14.9 Å². The van der Waals surface area contributed by atoms with Crippen LogP contribution >= 0.6 is 23.2 Å². The number of benzene rings is 3. The molecule has 2 fully saturated rings. The summed E-state index contributed by atoms with van der Waals surface area (Å²) in [6, 6.07) is 18.4. The second kappa shape index (κ2) is 9.12. The number of carbonyl (C=O) groups is 2. The van der Waals surface area contributed by atoms with Crippen molar-refractivity contribution in [2.45, 2.75) is 55.0 Å². The van der Waals surface area contributed by atoms with Crippen molar-refractivity contribution in [3.63, 3.8) is 0 Å². The van der Waals surface area contributed by atoms with Gasteiger partial charge in [-0.2, -0.15) is 0 Å². The Kier molecular flexibility index (Phi) is 6.02. The van der Waals surface area contributed by atoms with Gasteiger partial charge in [-0.15, -0.1) is 0 Å². The number of amides is 2. The van der Waals surface area contributed by atoms with E-state index in [2.05, 4.69) is 16.0 Å². The van der Waals surface area contributed by atoms with E-state index in [0.29, 0.717) is 29.2 Å². The van der Waals surface area contributed by atoms with E-state index in [1.807, 2.05) is 24.3 Å². The normalized spacial score (nSPS) is 25.8. The van der Waals surface area contributed by atoms with Crippen LogP contribution in [0.25, 0.3) is 0 Å². The molecular formula is C29H26Cl2FN3O2. The largest absolute Gasteiger partial charge is 0.325 e. The average molecular weight is 538 g/mol. The van der Waals surface area contributed by atoms with Crippen molar-refractivity contribution in [2.24, 2.45) is 0 Å². The van der Waals surface area contributed by atoms with Gasteiger partial charge in [-0.1, -0.05) is 78.9 Å². The molecule has 0 radical (unpaired) electrons. The Morgan fingerprint density at radius 1 is 0.973 bits per heavy atom. The zero-order valence-corrected chi connectivity index (χ0v) is 21.5. The van der Waals surface area contributed by atoms with Gasteiger partial charge in [0.2, 0.25) is 11.8 Å². The highest BCUT2D eigenvalue weighted by Crippen LogP contribution is 2.62. The first-order chi connectivity index (χ1) is 17.9. The molecule has 1 aliphatic carbocycles. The molecule has 2 spiro atoms. The van der Waals surface area contributed by atoms with Gasteiger partial charge in [-0.05, 0) is 54.3 Å². The van der Waals surface area contributed by atoms with E-state index >= 15 is 4.39 Å². The maximum absolute atomic E-state index is 15.8. The van der Waals surface area contributed by atoms with Crippen LogP contribution in [0.3, 0.4) is 0 Å². The standard InChI is InChI=1S/C29H26Cl2FN3O2/c30-17-12-13-20-22(16-17)34-27(37)29(20)23(19-10-7-11-21(31)24(19)32)25(35-28(29)14-5-2-6-15-28)26(36)33-18-8-3-1-4-9-18/h1,3-4,7-13,16,23,25,35H,2,5-6,14-15H2,(H,33,36)(H,34,37). The topological polar surface area (TPSA) is 70.2 Å². The van der Waals surface area contributed by atoms with Crippen LogP contribution in [0, 0.1) is 5.82 Å². The van der Waals surface area contributed by atoms with Gasteiger partial charge in [0.1, 0.15) is 11.2 Å². The van der Waals surface area contributed by atoms with E-state index in [1.165, 1.54) is 6.07 Å². The molecule has 3 atom stereocenters. The number of hydrogen-bond acceptors (Lipinski definition) is 3. The lowest BCUT2D eigenvalue weighted by Crippen LogP contribution is -2.60. The second-order valence-corrected chi connectivity index (χ2v) is 11.0. The Morgan fingerprint density at radius 3 is 2.49 bits per heavy atom. The Labute approximate surface area is 224 Å². The molecule has 3 aromatic rings. The maximum Gasteiger partial charge on any atom is 0.242 e. The molecule has 3 aliphatic rings. The van der Waals surface area contributed by atoms with Gasteiger partial charge in [-0.25, -0.2) is 4.39 Å². The molecule has 5 nitrogen and oxygen atoms in total. The molecule has 1 saturated heterocycles. The summed E-state index contributed by atoms with van der Waals surface area (Å²) < 4.78 is 15.8. The molecule has 8 heteroatoms. The third-order valence-electron chi connectivity index (χ3n) is 8.35. The Morgan fingerprint density at radius 2 is 1.73 bits per heavy atom. The molecule has 190 valence electrons. The summed E-state index contributed by atoms with van der Waals surface area (Å²) in [6.45, 7) is 0. The first-order valence-corrected chi connectivity index (χ1v) is 13.3. The van der Waals surface area contributed by atoms with Gasteiger partial charge in [0.15, 0.2) is 0 Å². The van der Waals surface area contributed by atoms with E-state index in [0.717, 1.165) is 24.8 Å². The van der Waals surface area contributed by atoms with Crippen LogP contribution in [0.2, 0.25) is 10.0 Å². The highest BCUT2D eigenvalue weighted by atomic mass is 35.5. The van der Waals surface area contributed by atoms with Gasteiger partial charge in [0.05, 0.1) is 11.1 Å². The molecule has 2 heterocycles. The van der Waals surface area contributed by atoms with Crippen LogP contribution in [-0.4, -0.2) is 23.4 Å². The summed E-state index contributed by atoms with van der Waals surface area (Å²) in [5, 5.41) is 10.1. The summed E-state index contributed by atoms with van der Waals surface area (Å²) >= 11 is 12.6. The van der Waals surface area contributed by atoms with E-state index in [4.69, 9.17) is 23.2 Å². The number of halogens is 3. The maximum atomic E-state index is 15.8. The molecule has 2 amide bonds. The fourth-order valence-electron chi connectivity index (χ4n) is 6.96. The number of rotatable bonds is 3. The molecule has 2 aliphatic heterocycles. The van der Waals surface area contributed by atoms with Crippen molar-refractivity contribution in [3.8, 4) is 0 Å². The summed E-state index contributed by atoms with van der Waals surface area (Å²) in [5.41, 5.74) is 0.204. The lowest BCUT2D eigenvalue weighted by atomic mass is 9.55. The molecule has 0 bridgehead atoms. The van der Waals surface area contributed by atoms with Crippen LogP contribution in [0.1, 0.15) is 49.1 Å². The van der Waals surface area contributed by atoms with Crippen LogP contribution in [0.5, 0.6) is 0 Å². The van der Waals surface area contributed by atoms with Crippen LogP contribution in [0.15, 0.2) is 66.7 Å². The number of para-hydroxylation sites is 1. The molecular weight excluding hydrogens is 512 g/mol. The number of fused-ring (bicyclic) bond motifs is 3. The summed E-state index contributed by atoms with van der Waals surface area (Å²) in [5.74, 6) is -2.04. The third-order valence-corrected chi connectivity index (χ3v) is 8.87. The van der Waals surface area contributed by atoms with E-state index in [9.17, 15) is 9.59 Å². The van der Waals surface area contributed by atoms with E-state index in [1.54, 1.807) is 36.4 Å². The van der Waals surface area contributed by atoms with Crippen molar-refractivity contribution in [3.05, 3.63) is 93.7 Å². The van der Waals surface area contributed by atoms with Gasteiger partial charge < -0.3 is 10.6 Å². The van der Waals surface area contributed by atoms with Crippen molar-refractivity contribution in [1.29, 1.82) is 0 Å². The SMILES string of the molecule is O=C(Nc1ccccc1)C1NC2(CCCCC2)C2(C(=O)Nc3cc(Cl)ccc32)C1c1cccc(Cl)c1F. The number of nitrogens with one attached hydrogen (secondary N) is 3. The highest BCUT2D eigenvalue weighted by Gasteiger charge is 2.72. The first kappa shape index (κ1) is 24.4. The predicted molar refractivity (Wildman–Crippen MR) is 144 cm³/mol. The van der Waals surface area contributed by atoms with Crippen molar-refractivity contribution < 1.29 is 14.0 Å². The van der Waals surface area contributed by atoms with Crippen LogP contribution in [-0.2, 0) is 15.0 Å². The quantitative estimate of drug-likeness (QED) is 0.361.